The zero-order valence-electron chi connectivity index (χ0n) is 21.1. The predicted octanol–water partition coefficient (Wildman–Crippen LogP) is 5.57. The van der Waals surface area contributed by atoms with Gasteiger partial charge in [-0.1, -0.05) is 18.2 Å². The Kier molecular flexibility index (Phi) is 7.03. The number of piperidine rings is 2. The van der Waals surface area contributed by atoms with Crippen molar-refractivity contribution in [2.45, 2.75) is 69.4 Å². The largest absolute Gasteiger partial charge is 0.327 e. The first kappa shape index (κ1) is 23.9. The molecular formula is C28H39N5S. The minimum Gasteiger partial charge on any atom is -0.327 e. The van der Waals surface area contributed by atoms with Crippen LogP contribution in [0.15, 0.2) is 41.3 Å². The van der Waals surface area contributed by atoms with Crippen LogP contribution in [-0.4, -0.2) is 57.6 Å². The Labute approximate surface area is 208 Å². The highest BCUT2D eigenvalue weighted by molar-refractivity contribution is 7.97. The van der Waals surface area contributed by atoms with Crippen molar-refractivity contribution < 1.29 is 0 Å². The number of hydrogen-bond donors (Lipinski definition) is 1. The molecule has 2 saturated heterocycles. The Balaban J connectivity index is 1.30. The molecule has 0 atom stereocenters. The SMILES string of the molecule is Cc1cc(C2CCN(C3CCN(C(C)C)CC3)CC2)cc2c1nc(-c1ccc(SN)cc1)n2C. The topological polar surface area (TPSA) is 50.3 Å². The molecule has 0 aliphatic carbocycles. The van der Waals surface area contributed by atoms with Gasteiger partial charge in [-0.3, -0.25) is 5.14 Å². The number of nitrogens with zero attached hydrogens (tertiary/aromatic N) is 4. The summed E-state index contributed by atoms with van der Waals surface area (Å²) in [6.45, 7) is 11.9. The summed E-state index contributed by atoms with van der Waals surface area (Å²) in [4.78, 5) is 11.5. The van der Waals surface area contributed by atoms with Crippen LogP contribution in [0.4, 0.5) is 0 Å². The number of rotatable bonds is 5. The normalized spacial score (nSPS) is 19.5. The van der Waals surface area contributed by atoms with Gasteiger partial charge in [0.15, 0.2) is 0 Å². The molecule has 2 aliphatic heterocycles. The fourth-order valence-electron chi connectivity index (χ4n) is 6.03. The predicted molar refractivity (Wildman–Crippen MR) is 144 cm³/mol. The highest BCUT2D eigenvalue weighted by Gasteiger charge is 2.29. The van der Waals surface area contributed by atoms with Gasteiger partial charge in [0.1, 0.15) is 5.82 Å². The summed E-state index contributed by atoms with van der Waals surface area (Å²) in [5.74, 6) is 1.67. The molecule has 0 amide bonds. The van der Waals surface area contributed by atoms with Gasteiger partial charge in [-0.25, -0.2) is 4.98 Å². The van der Waals surface area contributed by atoms with Crippen LogP contribution >= 0.6 is 11.9 Å². The molecule has 3 aromatic rings. The molecule has 34 heavy (non-hydrogen) atoms. The molecule has 5 nitrogen and oxygen atoms in total. The molecule has 3 heterocycles. The minimum absolute atomic E-state index is 0.648. The monoisotopic (exact) mass is 477 g/mol. The van der Waals surface area contributed by atoms with E-state index in [-0.39, 0.29) is 0 Å². The van der Waals surface area contributed by atoms with Gasteiger partial charge in [0, 0.05) is 29.6 Å². The van der Waals surface area contributed by atoms with Gasteiger partial charge in [0.2, 0.25) is 0 Å². The molecule has 0 spiro atoms. The third kappa shape index (κ3) is 4.66. The van der Waals surface area contributed by atoms with E-state index in [4.69, 9.17) is 10.1 Å². The molecule has 0 radical (unpaired) electrons. The first-order valence-corrected chi connectivity index (χ1v) is 13.7. The summed E-state index contributed by atoms with van der Waals surface area (Å²) in [7, 11) is 2.14. The first-order chi connectivity index (χ1) is 16.4. The van der Waals surface area contributed by atoms with Crippen molar-refractivity contribution in [2.75, 3.05) is 26.2 Å². The van der Waals surface area contributed by atoms with Crippen LogP contribution in [0.5, 0.6) is 0 Å². The van der Waals surface area contributed by atoms with E-state index in [0.717, 1.165) is 27.8 Å². The molecule has 2 N–H and O–H groups in total. The lowest BCUT2D eigenvalue weighted by Crippen LogP contribution is -2.48. The first-order valence-electron chi connectivity index (χ1n) is 12.9. The van der Waals surface area contributed by atoms with E-state index < -0.39 is 0 Å². The van der Waals surface area contributed by atoms with Crippen molar-refractivity contribution >= 4 is 23.0 Å². The maximum absolute atomic E-state index is 5.70. The molecule has 6 heteroatoms. The van der Waals surface area contributed by atoms with Crippen LogP contribution in [-0.2, 0) is 7.05 Å². The number of likely N-dealkylation sites (tertiary alicyclic amines) is 2. The van der Waals surface area contributed by atoms with Crippen molar-refractivity contribution in [2.24, 2.45) is 12.2 Å². The third-order valence-electron chi connectivity index (χ3n) is 8.19. The number of fused-ring (bicyclic) bond motifs is 1. The van der Waals surface area contributed by atoms with Crippen molar-refractivity contribution in [1.29, 1.82) is 0 Å². The number of aryl methyl sites for hydroxylation is 2. The fraction of sp³-hybridized carbons (Fsp3) is 0.536. The molecule has 5 rings (SSSR count). The van der Waals surface area contributed by atoms with Gasteiger partial charge < -0.3 is 14.4 Å². The second kappa shape index (κ2) is 10.0. The summed E-state index contributed by atoms with van der Waals surface area (Å²) in [5.41, 5.74) is 6.27. The molecule has 182 valence electrons. The summed E-state index contributed by atoms with van der Waals surface area (Å²) >= 11 is 1.28. The van der Waals surface area contributed by atoms with Gasteiger partial charge in [-0.2, -0.15) is 0 Å². The van der Waals surface area contributed by atoms with Crippen molar-refractivity contribution in [1.82, 2.24) is 19.4 Å². The highest BCUT2D eigenvalue weighted by Crippen LogP contribution is 2.35. The van der Waals surface area contributed by atoms with Crippen LogP contribution in [0.3, 0.4) is 0 Å². The van der Waals surface area contributed by atoms with Gasteiger partial charge in [-0.05, 0) is 120 Å². The second-order valence-corrected chi connectivity index (χ2v) is 11.2. The van der Waals surface area contributed by atoms with E-state index in [1.807, 2.05) is 0 Å². The van der Waals surface area contributed by atoms with Crippen molar-refractivity contribution in [3.8, 4) is 11.4 Å². The third-order valence-corrected chi connectivity index (χ3v) is 8.74. The van der Waals surface area contributed by atoms with Crippen molar-refractivity contribution in [3.05, 3.63) is 47.5 Å². The van der Waals surface area contributed by atoms with Gasteiger partial charge in [-0.15, -0.1) is 0 Å². The van der Waals surface area contributed by atoms with Crippen LogP contribution in [0.1, 0.15) is 56.6 Å². The minimum atomic E-state index is 0.648. The average molecular weight is 478 g/mol. The molecule has 1 aromatic heterocycles. The molecule has 2 aliphatic rings. The standard InChI is InChI=1S/C28H39N5S/c1-19(2)32-15-11-24(12-16-32)33-13-9-21(10-14-33)23-17-20(3)27-26(18-23)31(4)28(30-27)22-5-7-25(34-29)8-6-22/h5-8,17-19,21,24H,9-16,29H2,1-4H3. The van der Waals surface area contributed by atoms with E-state index in [2.05, 4.69) is 78.6 Å². The summed E-state index contributed by atoms with van der Waals surface area (Å²) in [6, 6.07) is 14.6. The Morgan fingerprint density at radius 2 is 1.65 bits per heavy atom. The molecular weight excluding hydrogens is 438 g/mol. The summed E-state index contributed by atoms with van der Waals surface area (Å²) < 4.78 is 2.26. The van der Waals surface area contributed by atoms with E-state index in [1.54, 1.807) is 0 Å². The van der Waals surface area contributed by atoms with Crippen molar-refractivity contribution in [3.63, 3.8) is 0 Å². The summed E-state index contributed by atoms with van der Waals surface area (Å²) in [5, 5.41) is 5.70. The molecule has 0 bridgehead atoms. The molecule has 0 saturated carbocycles. The lowest BCUT2D eigenvalue weighted by molar-refractivity contribution is 0.0753. The van der Waals surface area contributed by atoms with Crippen LogP contribution in [0, 0.1) is 6.92 Å². The molecule has 2 fully saturated rings. The van der Waals surface area contributed by atoms with Crippen LogP contribution in [0.25, 0.3) is 22.4 Å². The number of imidazole rings is 1. The van der Waals surface area contributed by atoms with E-state index in [9.17, 15) is 0 Å². The Bertz CT molecular complexity index is 1120. The number of nitrogens with two attached hydrogens (primary N) is 1. The van der Waals surface area contributed by atoms with Gasteiger partial charge >= 0.3 is 0 Å². The maximum Gasteiger partial charge on any atom is 0.140 e. The van der Waals surface area contributed by atoms with Gasteiger partial charge in [0.25, 0.3) is 0 Å². The average Bonchev–Trinajstić information content (AvgIpc) is 3.21. The smallest absolute Gasteiger partial charge is 0.140 e. The zero-order chi connectivity index (χ0) is 23.8. The van der Waals surface area contributed by atoms with E-state index in [0.29, 0.717) is 12.0 Å². The van der Waals surface area contributed by atoms with E-state index in [1.165, 1.54) is 80.5 Å². The Morgan fingerprint density at radius 3 is 2.26 bits per heavy atom. The fourth-order valence-corrected chi connectivity index (χ4v) is 6.32. The Morgan fingerprint density at radius 1 is 0.971 bits per heavy atom. The lowest BCUT2D eigenvalue weighted by Gasteiger charge is -2.43. The maximum atomic E-state index is 5.70. The number of benzene rings is 2. The summed E-state index contributed by atoms with van der Waals surface area (Å²) in [6.07, 6.45) is 5.18. The number of hydrogen-bond acceptors (Lipinski definition) is 5. The quantitative estimate of drug-likeness (QED) is 0.487. The zero-order valence-corrected chi connectivity index (χ0v) is 21.9. The second-order valence-electron chi connectivity index (χ2n) is 10.5. The molecule has 0 unspecified atom stereocenters. The lowest BCUT2D eigenvalue weighted by atomic mass is 9.87. The number of aromatic nitrogens is 2. The molecule has 2 aromatic carbocycles. The van der Waals surface area contributed by atoms with Crippen LogP contribution in [0.2, 0.25) is 0 Å². The van der Waals surface area contributed by atoms with Crippen LogP contribution < -0.4 is 5.14 Å². The van der Waals surface area contributed by atoms with Gasteiger partial charge in [0.05, 0.1) is 11.0 Å². The highest BCUT2D eigenvalue weighted by atomic mass is 32.2. The van der Waals surface area contributed by atoms with E-state index >= 15 is 0 Å². The Hall–Kier alpha value is -1.86.